The van der Waals surface area contributed by atoms with Crippen molar-refractivity contribution in [2.45, 2.75) is 137 Å². The van der Waals surface area contributed by atoms with Gasteiger partial charge in [0.2, 0.25) is 0 Å². The Morgan fingerprint density at radius 2 is 1.17 bits per heavy atom. The predicted molar refractivity (Wildman–Crippen MR) is 152 cm³/mol. The Bertz CT molecular complexity index is 486. The van der Waals surface area contributed by atoms with Crippen LogP contribution in [0.5, 0.6) is 0 Å². The summed E-state index contributed by atoms with van der Waals surface area (Å²) >= 11 is 0. The zero-order valence-corrected chi connectivity index (χ0v) is 24.4. The molecule has 0 bridgehead atoms. The number of nitrogens with zero attached hydrogens (tertiary/aromatic N) is 2. The molecule has 0 N–H and O–H groups in total. The Balaban J connectivity index is 4.31. The Hall–Kier alpha value is -1.14. The molecule has 0 aromatic carbocycles. The molecule has 0 aromatic rings. The van der Waals surface area contributed by atoms with E-state index in [4.69, 9.17) is 9.47 Å². The lowest BCUT2D eigenvalue weighted by Crippen LogP contribution is -2.37. The third-order valence-electron chi connectivity index (χ3n) is 7.19. The van der Waals surface area contributed by atoms with Gasteiger partial charge in [-0.05, 0) is 51.7 Å². The van der Waals surface area contributed by atoms with Crippen molar-refractivity contribution in [1.82, 2.24) is 9.80 Å². The Morgan fingerprint density at radius 1 is 0.667 bits per heavy atom. The summed E-state index contributed by atoms with van der Waals surface area (Å²) in [5, 5.41) is 0. The third-order valence-corrected chi connectivity index (χ3v) is 7.19. The number of hydrogen-bond acceptors (Lipinski definition) is 6. The highest BCUT2D eigenvalue weighted by Gasteiger charge is 2.16. The minimum atomic E-state index is -0.503. The molecule has 6 nitrogen and oxygen atoms in total. The van der Waals surface area contributed by atoms with Gasteiger partial charge in [0.1, 0.15) is 19.0 Å². The van der Waals surface area contributed by atoms with E-state index in [1.165, 1.54) is 51.4 Å². The van der Waals surface area contributed by atoms with Crippen molar-refractivity contribution in [3.63, 3.8) is 0 Å². The summed E-state index contributed by atoms with van der Waals surface area (Å²) in [6, 6.07) is 0. The maximum Gasteiger partial charge on any atom is 0.508 e. The fourth-order valence-electron chi connectivity index (χ4n) is 4.58. The van der Waals surface area contributed by atoms with Gasteiger partial charge in [0.05, 0.1) is 0 Å². The highest BCUT2D eigenvalue weighted by Crippen LogP contribution is 2.17. The van der Waals surface area contributed by atoms with Crippen LogP contribution in [0, 0.1) is 0 Å². The minimum absolute atomic E-state index is 0.0341. The first-order valence-corrected chi connectivity index (χ1v) is 15.3. The van der Waals surface area contributed by atoms with Crippen molar-refractivity contribution >= 4 is 12.4 Å². The first-order chi connectivity index (χ1) is 17.6. The van der Waals surface area contributed by atoms with Gasteiger partial charge in [0, 0.05) is 26.1 Å². The van der Waals surface area contributed by atoms with E-state index < -0.39 is 6.16 Å². The summed E-state index contributed by atoms with van der Waals surface area (Å²) in [5.41, 5.74) is 0. The van der Waals surface area contributed by atoms with Crippen LogP contribution < -0.4 is 0 Å². The Kier molecular flexibility index (Phi) is 26.1. The van der Waals surface area contributed by atoms with Gasteiger partial charge in [-0.25, -0.2) is 4.79 Å². The molecule has 0 saturated carbocycles. The van der Waals surface area contributed by atoms with Gasteiger partial charge >= 0.3 is 6.16 Å². The first-order valence-electron chi connectivity index (χ1n) is 15.3. The van der Waals surface area contributed by atoms with Crippen LogP contribution in [0.4, 0.5) is 4.79 Å². The quantitative estimate of drug-likeness (QED) is 0.0640. The second-order valence-corrected chi connectivity index (χ2v) is 10.1. The summed E-state index contributed by atoms with van der Waals surface area (Å²) in [6.45, 7) is 15.0. The first kappa shape index (κ1) is 34.9. The van der Waals surface area contributed by atoms with Crippen molar-refractivity contribution in [2.75, 3.05) is 45.9 Å². The standard InChI is InChI=1S/C30H60N2O4/c1-5-9-10-11-13-16-19-22-29(23-20-17-14-12-15-18-21-27-33)36-30(34)35-28-26-32(8-4)25-24-31(6-2)7-3/h27,29H,5-26,28H2,1-4H3. The fraction of sp³-hybridized carbons (Fsp3) is 0.933. The average Bonchev–Trinajstić information content (AvgIpc) is 2.88. The molecule has 0 aliphatic heterocycles. The van der Waals surface area contributed by atoms with Gasteiger partial charge in [-0.15, -0.1) is 0 Å². The number of carbonyl (C=O) groups excluding carboxylic acids is 2. The molecule has 0 amide bonds. The molecule has 1 atom stereocenters. The van der Waals surface area contributed by atoms with E-state index in [0.29, 0.717) is 13.0 Å². The topological polar surface area (TPSA) is 59.1 Å². The van der Waals surface area contributed by atoms with Gasteiger partial charge in [-0.3, -0.25) is 4.90 Å². The molecule has 0 aliphatic carbocycles. The highest BCUT2D eigenvalue weighted by molar-refractivity contribution is 5.60. The van der Waals surface area contributed by atoms with E-state index in [0.717, 1.165) is 90.5 Å². The summed E-state index contributed by atoms with van der Waals surface area (Å²) < 4.78 is 11.3. The van der Waals surface area contributed by atoms with E-state index in [-0.39, 0.29) is 6.10 Å². The van der Waals surface area contributed by atoms with E-state index in [1.54, 1.807) is 0 Å². The molecule has 36 heavy (non-hydrogen) atoms. The molecular weight excluding hydrogens is 452 g/mol. The maximum absolute atomic E-state index is 12.4. The molecule has 0 saturated heterocycles. The molecule has 0 fully saturated rings. The lowest BCUT2D eigenvalue weighted by Gasteiger charge is -2.25. The molecule has 0 heterocycles. The number of rotatable bonds is 27. The Labute approximate surface area is 223 Å². The van der Waals surface area contributed by atoms with Crippen molar-refractivity contribution in [3.05, 3.63) is 0 Å². The molecular formula is C30H60N2O4. The Morgan fingerprint density at radius 3 is 1.69 bits per heavy atom. The number of likely N-dealkylation sites (N-methyl/N-ethyl adjacent to an activating group) is 2. The number of aldehydes is 1. The van der Waals surface area contributed by atoms with Crippen LogP contribution in [0.15, 0.2) is 0 Å². The van der Waals surface area contributed by atoms with Gasteiger partial charge in [-0.2, -0.15) is 0 Å². The molecule has 0 aromatic heterocycles. The number of unbranched alkanes of at least 4 members (excludes halogenated alkanes) is 12. The molecule has 0 aliphatic rings. The van der Waals surface area contributed by atoms with Crippen LogP contribution in [0.3, 0.4) is 0 Å². The largest absolute Gasteiger partial charge is 0.508 e. The van der Waals surface area contributed by atoms with Gasteiger partial charge < -0.3 is 19.2 Å². The second kappa shape index (κ2) is 26.9. The van der Waals surface area contributed by atoms with Crippen LogP contribution in [0.25, 0.3) is 0 Å². The van der Waals surface area contributed by atoms with Crippen molar-refractivity contribution in [2.24, 2.45) is 0 Å². The van der Waals surface area contributed by atoms with E-state index in [2.05, 4.69) is 37.5 Å². The molecule has 214 valence electrons. The van der Waals surface area contributed by atoms with Gasteiger partial charge in [0.15, 0.2) is 0 Å². The van der Waals surface area contributed by atoms with Crippen LogP contribution in [-0.4, -0.2) is 74.2 Å². The summed E-state index contributed by atoms with van der Waals surface area (Å²) in [6.07, 6.45) is 18.6. The molecule has 1 unspecified atom stereocenters. The molecule has 0 spiro atoms. The van der Waals surface area contributed by atoms with E-state index in [9.17, 15) is 9.59 Å². The van der Waals surface area contributed by atoms with Crippen molar-refractivity contribution in [3.8, 4) is 0 Å². The predicted octanol–water partition coefficient (Wildman–Crippen LogP) is 7.63. The zero-order chi connectivity index (χ0) is 26.7. The monoisotopic (exact) mass is 512 g/mol. The SMILES string of the molecule is CCCCCCCCCC(CCCCCCCCC=O)OC(=O)OCCN(CC)CCN(CC)CC. The summed E-state index contributed by atoms with van der Waals surface area (Å²) in [4.78, 5) is 27.6. The maximum atomic E-state index is 12.4. The number of carbonyl (C=O) groups is 2. The van der Waals surface area contributed by atoms with Gasteiger partial charge in [0.25, 0.3) is 0 Å². The van der Waals surface area contributed by atoms with Gasteiger partial charge in [-0.1, -0.05) is 91.9 Å². The van der Waals surface area contributed by atoms with Crippen LogP contribution in [-0.2, 0) is 14.3 Å². The minimum Gasteiger partial charge on any atom is -0.433 e. The second-order valence-electron chi connectivity index (χ2n) is 10.1. The zero-order valence-electron chi connectivity index (χ0n) is 24.4. The lowest BCUT2D eigenvalue weighted by atomic mass is 10.0. The van der Waals surface area contributed by atoms with E-state index >= 15 is 0 Å². The molecule has 0 rings (SSSR count). The fourth-order valence-corrected chi connectivity index (χ4v) is 4.58. The summed E-state index contributed by atoms with van der Waals surface area (Å²) in [7, 11) is 0. The third kappa shape index (κ3) is 22.1. The normalized spacial score (nSPS) is 12.3. The van der Waals surface area contributed by atoms with Crippen LogP contribution in [0.2, 0.25) is 0 Å². The average molecular weight is 513 g/mol. The number of ether oxygens (including phenoxy) is 2. The van der Waals surface area contributed by atoms with E-state index in [1.807, 2.05) is 0 Å². The smallest absolute Gasteiger partial charge is 0.433 e. The van der Waals surface area contributed by atoms with Crippen molar-refractivity contribution < 1.29 is 19.1 Å². The van der Waals surface area contributed by atoms with Crippen molar-refractivity contribution in [1.29, 1.82) is 0 Å². The highest BCUT2D eigenvalue weighted by atomic mass is 16.7. The summed E-state index contributed by atoms with van der Waals surface area (Å²) in [5.74, 6) is 0. The van der Waals surface area contributed by atoms with Crippen LogP contribution >= 0.6 is 0 Å². The number of hydrogen-bond donors (Lipinski definition) is 0. The van der Waals surface area contributed by atoms with Crippen LogP contribution in [0.1, 0.15) is 130 Å². The molecule has 6 heteroatoms. The lowest BCUT2D eigenvalue weighted by molar-refractivity contribution is -0.107. The molecule has 0 radical (unpaired) electrons.